The first-order valence-electron chi connectivity index (χ1n) is 14.7. The number of hydrogen-bond donors (Lipinski definition) is 2. The summed E-state index contributed by atoms with van der Waals surface area (Å²) in [4.78, 5) is 45.3. The number of rotatable bonds is 5. The van der Waals surface area contributed by atoms with Crippen molar-refractivity contribution in [2.75, 3.05) is 33.9 Å². The molecule has 2 atom stereocenters. The quantitative estimate of drug-likeness (QED) is 0.444. The lowest BCUT2D eigenvalue weighted by Gasteiger charge is -2.39. The third kappa shape index (κ3) is 7.98. The van der Waals surface area contributed by atoms with Gasteiger partial charge in [-0.15, -0.1) is 11.3 Å². The molecule has 0 radical (unpaired) electrons. The molecule has 11 nitrogen and oxygen atoms in total. The lowest BCUT2D eigenvalue weighted by atomic mass is 10.0. The lowest BCUT2D eigenvalue weighted by Crippen LogP contribution is -2.58. The van der Waals surface area contributed by atoms with E-state index in [9.17, 15) is 14.4 Å². The van der Waals surface area contributed by atoms with Crippen LogP contribution in [0.25, 0.3) is 0 Å². The topological polar surface area (TPSA) is 128 Å². The molecular formula is C32H38N4O7S. The Balaban J connectivity index is 1.36. The van der Waals surface area contributed by atoms with Gasteiger partial charge in [-0.25, -0.2) is 4.98 Å². The Labute approximate surface area is 260 Å². The second-order valence-corrected chi connectivity index (χ2v) is 11.9. The fourth-order valence-electron chi connectivity index (χ4n) is 5.39. The standard InChI is InChI=1S/C32H38N4O7S/c1-20-34-23(19-44-20)7-11-32(39)36-13-12-26-25(17-36)35-31(38)18-42-29-14-21(4-9-27(29)40-2)5-10-30(37)33-16-22-6-8-24(43-26)15-28(22)41-3/h4,6,8-9,14-15,19,25-26H,5,7,10-13,16-18H2,1-3H3,(H,33,37)(H,35,38)/t25-,26+/m1/s1. The zero-order chi connectivity index (χ0) is 31.1. The van der Waals surface area contributed by atoms with E-state index in [1.165, 1.54) is 7.11 Å². The van der Waals surface area contributed by atoms with Crippen LogP contribution in [0.1, 0.15) is 41.1 Å². The number of thiazole rings is 1. The summed E-state index contributed by atoms with van der Waals surface area (Å²) in [6.45, 7) is 2.78. The van der Waals surface area contributed by atoms with Crippen LogP contribution in [0.5, 0.6) is 23.0 Å². The molecule has 6 rings (SSSR count). The molecule has 2 aromatic carbocycles. The van der Waals surface area contributed by atoms with Gasteiger partial charge in [0.25, 0.3) is 5.91 Å². The fraction of sp³-hybridized carbons (Fsp3) is 0.438. The number of ether oxygens (including phenoxy) is 4. The van der Waals surface area contributed by atoms with E-state index in [1.54, 1.807) is 41.5 Å². The van der Waals surface area contributed by atoms with Crippen LogP contribution in [-0.2, 0) is 33.8 Å². The molecule has 1 aromatic heterocycles. The van der Waals surface area contributed by atoms with Crippen LogP contribution < -0.4 is 29.6 Å². The number of hydrogen-bond acceptors (Lipinski definition) is 9. The normalized spacial score (nSPS) is 19.2. The minimum atomic E-state index is -0.481. The molecule has 0 aliphatic carbocycles. The molecule has 0 unspecified atom stereocenters. The Kier molecular flexibility index (Phi) is 10.2. The van der Waals surface area contributed by atoms with E-state index in [1.807, 2.05) is 30.5 Å². The maximum absolute atomic E-state index is 13.2. The van der Waals surface area contributed by atoms with Crippen molar-refractivity contribution in [3.05, 3.63) is 63.6 Å². The highest BCUT2D eigenvalue weighted by Gasteiger charge is 2.34. The monoisotopic (exact) mass is 622 g/mol. The van der Waals surface area contributed by atoms with Gasteiger partial charge >= 0.3 is 0 Å². The number of piperidine rings is 1. The van der Waals surface area contributed by atoms with E-state index in [-0.39, 0.29) is 30.7 Å². The Bertz CT molecular complexity index is 1490. The van der Waals surface area contributed by atoms with Crippen LogP contribution in [0, 0.1) is 6.92 Å². The first-order valence-corrected chi connectivity index (χ1v) is 15.6. The second kappa shape index (κ2) is 14.4. The average Bonchev–Trinajstić information content (AvgIpc) is 3.46. The molecule has 3 amide bonds. The molecule has 234 valence electrons. The van der Waals surface area contributed by atoms with E-state index >= 15 is 0 Å². The van der Waals surface area contributed by atoms with Crippen LogP contribution in [0.3, 0.4) is 0 Å². The number of benzene rings is 2. The van der Waals surface area contributed by atoms with Gasteiger partial charge in [-0.3, -0.25) is 14.4 Å². The molecule has 4 bridgehead atoms. The highest BCUT2D eigenvalue weighted by molar-refractivity contribution is 7.09. The summed E-state index contributed by atoms with van der Waals surface area (Å²) < 4.78 is 23.3. The molecule has 0 spiro atoms. The molecule has 44 heavy (non-hydrogen) atoms. The molecule has 0 saturated carbocycles. The van der Waals surface area contributed by atoms with Crippen molar-refractivity contribution in [2.24, 2.45) is 0 Å². The molecule has 3 aliphatic heterocycles. The van der Waals surface area contributed by atoms with Crippen molar-refractivity contribution in [1.29, 1.82) is 0 Å². The second-order valence-electron chi connectivity index (χ2n) is 10.8. The largest absolute Gasteiger partial charge is 0.496 e. The predicted molar refractivity (Wildman–Crippen MR) is 164 cm³/mol. The first kappa shape index (κ1) is 31.1. The average molecular weight is 623 g/mol. The summed E-state index contributed by atoms with van der Waals surface area (Å²) in [7, 11) is 3.10. The lowest BCUT2D eigenvalue weighted by molar-refractivity contribution is -0.135. The van der Waals surface area contributed by atoms with Crippen LogP contribution in [0.4, 0.5) is 0 Å². The molecule has 4 heterocycles. The van der Waals surface area contributed by atoms with Crippen LogP contribution in [0.2, 0.25) is 0 Å². The van der Waals surface area contributed by atoms with Crippen LogP contribution >= 0.6 is 11.3 Å². The summed E-state index contributed by atoms with van der Waals surface area (Å²) in [5.74, 6) is 1.59. The third-order valence-corrected chi connectivity index (χ3v) is 8.58. The van der Waals surface area contributed by atoms with E-state index in [0.717, 1.165) is 21.8 Å². The van der Waals surface area contributed by atoms with Gasteiger partial charge in [-0.05, 0) is 49.6 Å². The zero-order valence-corrected chi connectivity index (χ0v) is 26.0. The molecule has 3 aliphatic rings. The number of carbonyl (C=O) groups excluding carboxylic acids is 3. The summed E-state index contributed by atoms with van der Waals surface area (Å²) >= 11 is 1.57. The Morgan fingerprint density at radius 1 is 1.09 bits per heavy atom. The van der Waals surface area contributed by atoms with Gasteiger partial charge in [0.1, 0.15) is 17.6 Å². The van der Waals surface area contributed by atoms with E-state index in [0.29, 0.717) is 68.3 Å². The molecular weight excluding hydrogens is 584 g/mol. The van der Waals surface area contributed by atoms with Gasteiger partial charge in [0.15, 0.2) is 18.1 Å². The number of methoxy groups -OCH3 is 2. The molecule has 1 saturated heterocycles. The third-order valence-electron chi connectivity index (χ3n) is 7.76. The summed E-state index contributed by atoms with van der Waals surface area (Å²) in [5, 5.41) is 8.96. The van der Waals surface area contributed by atoms with Gasteiger partial charge in [-0.1, -0.05) is 6.07 Å². The zero-order valence-electron chi connectivity index (χ0n) is 25.2. The number of fused-ring (bicyclic) bond motifs is 9. The Morgan fingerprint density at radius 3 is 2.70 bits per heavy atom. The number of carbonyl (C=O) groups is 3. The van der Waals surface area contributed by atoms with Crippen molar-refractivity contribution in [2.45, 2.75) is 57.7 Å². The SMILES string of the molecule is COc1cc2ccc1CNC(=O)CCc1ccc(OC)c(c1)OCC(=O)N[C@@H]1CN(C(=O)CCc3csc(C)n3)CC[C@@H]1O2. The van der Waals surface area contributed by atoms with Crippen molar-refractivity contribution in [3.8, 4) is 23.0 Å². The Morgan fingerprint density at radius 2 is 1.93 bits per heavy atom. The van der Waals surface area contributed by atoms with Crippen molar-refractivity contribution in [1.82, 2.24) is 20.5 Å². The summed E-state index contributed by atoms with van der Waals surface area (Å²) in [5.41, 5.74) is 2.60. The predicted octanol–water partition coefficient (Wildman–Crippen LogP) is 3.21. The van der Waals surface area contributed by atoms with Crippen LogP contribution in [0.15, 0.2) is 41.8 Å². The van der Waals surface area contributed by atoms with Crippen molar-refractivity contribution < 1.29 is 33.3 Å². The van der Waals surface area contributed by atoms with Gasteiger partial charge in [-0.2, -0.15) is 0 Å². The fourth-order valence-corrected chi connectivity index (χ4v) is 6.04. The minimum Gasteiger partial charge on any atom is -0.496 e. The smallest absolute Gasteiger partial charge is 0.258 e. The van der Waals surface area contributed by atoms with E-state index in [2.05, 4.69) is 15.6 Å². The van der Waals surface area contributed by atoms with Gasteiger partial charge in [0, 0.05) is 55.9 Å². The maximum Gasteiger partial charge on any atom is 0.258 e. The number of aryl methyl sites for hydroxylation is 3. The number of nitrogens with zero attached hydrogens (tertiary/aromatic N) is 2. The first-order chi connectivity index (χ1) is 21.3. The van der Waals surface area contributed by atoms with Gasteiger partial charge in [0.2, 0.25) is 11.8 Å². The highest BCUT2D eigenvalue weighted by atomic mass is 32.1. The van der Waals surface area contributed by atoms with E-state index in [4.69, 9.17) is 18.9 Å². The summed E-state index contributed by atoms with van der Waals surface area (Å²) in [6, 6.07) is 10.4. The minimum absolute atomic E-state index is 0.00439. The van der Waals surface area contributed by atoms with Crippen molar-refractivity contribution in [3.63, 3.8) is 0 Å². The van der Waals surface area contributed by atoms with Crippen LogP contribution in [-0.4, -0.2) is 73.7 Å². The number of nitrogens with one attached hydrogen (secondary N) is 2. The number of amides is 3. The number of likely N-dealkylation sites (tertiary alicyclic amines) is 1. The molecule has 3 aromatic rings. The number of aromatic nitrogens is 1. The maximum atomic E-state index is 13.2. The Hall–Kier alpha value is -4.32. The summed E-state index contributed by atoms with van der Waals surface area (Å²) in [6.07, 6.45) is 1.78. The molecule has 1 fully saturated rings. The van der Waals surface area contributed by atoms with Gasteiger partial charge < -0.3 is 34.5 Å². The van der Waals surface area contributed by atoms with Gasteiger partial charge in [0.05, 0.1) is 31.0 Å². The highest BCUT2D eigenvalue weighted by Crippen LogP contribution is 2.30. The van der Waals surface area contributed by atoms with Crippen molar-refractivity contribution >= 4 is 29.1 Å². The molecule has 12 heteroatoms. The molecule has 2 N–H and O–H groups in total. The van der Waals surface area contributed by atoms with E-state index < -0.39 is 12.1 Å².